The SMILES string of the molecule is CCCCOc1ccc(C(=O)Oc2ccc(/C=N\NC(=O)c3cccc(C)c3)cc2)cc1. The van der Waals surface area contributed by atoms with Gasteiger partial charge in [-0.2, -0.15) is 5.10 Å². The van der Waals surface area contributed by atoms with E-state index >= 15 is 0 Å². The molecule has 164 valence electrons. The van der Waals surface area contributed by atoms with Crippen LogP contribution in [0.3, 0.4) is 0 Å². The molecule has 3 aromatic carbocycles. The molecule has 0 fully saturated rings. The predicted molar refractivity (Wildman–Crippen MR) is 124 cm³/mol. The minimum atomic E-state index is -0.447. The van der Waals surface area contributed by atoms with Crippen LogP contribution in [-0.2, 0) is 0 Å². The van der Waals surface area contributed by atoms with Crippen molar-refractivity contribution in [3.63, 3.8) is 0 Å². The van der Waals surface area contributed by atoms with Crippen LogP contribution in [-0.4, -0.2) is 24.7 Å². The summed E-state index contributed by atoms with van der Waals surface area (Å²) >= 11 is 0. The Morgan fingerprint density at radius 1 is 0.938 bits per heavy atom. The molecule has 0 saturated heterocycles. The van der Waals surface area contributed by atoms with E-state index < -0.39 is 5.97 Å². The van der Waals surface area contributed by atoms with Crippen molar-refractivity contribution in [2.45, 2.75) is 26.7 Å². The molecule has 6 heteroatoms. The molecule has 0 aliphatic carbocycles. The normalized spacial score (nSPS) is 10.7. The molecule has 0 aliphatic heterocycles. The molecule has 6 nitrogen and oxygen atoms in total. The summed E-state index contributed by atoms with van der Waals surface area (Å²) in [5.74, 6) is 0.418. The van der Waals surface area contributed by atoms with Crippen molar-refractivity contribution >= 4 is 18.1 Å². The number of carbonyl (C=O) groups is 2. The van der Waals surface area contributed by atoms with E-state index in [1.165, 1.54) is 6.21 Å². The van der Waals surface area contributed by atoms with E-state index in [0.717, 1.165) is 29.7 Å². The van der Waals surface area contributed by atoms with Gasteiger partial charge >= 0.3 is 5.97 Å². The first-order valence-corrected chi connectivity index (χ1v) is 10.5. The Bertz CT molecular complexity index is 1070. The quantitative estimate of drug-likeness (QED) is 0.167. The molecule has 0 radical (unpaired) electrons. The highest BCUT2D eigenvalue weighted by atomic mass is 16.5. The molecule has 0 aliphatic rings. The highest BCUT2D eigenvalue weighted by Gasteiger charge is 2.09. The molecule has 0 unspecified atom stereocenters. The van der Waals surface area contributed by atoms with Crippen LogP contribution in [0, 0.1) is 6.92 Å². The van der Waals surface area contributed by atoms with Crippen LogP contribution in [0.2, 0.25) is 0 Å². The molecule has 3 aromatic rings. The number of nitrogens with zero attached hydrogens (tertiary/aromatic N) is 1. The Kier molecular flexibility index (Phi) is 8.15. The second-order valence-electron chi connectivity index (χ2n) is 7.25. The third-order valence-electron chi connectivity index (χ3n) is 4.61. The maximum absolute atomic E-state index is 12.3. The fourth-order valence-electron chi connectivity index (χ4n) is 2.83. The lowest BCUT2D eigenvalue weighted by Crippen LogP contribution is -2.17. The summed E-state index contributed by atoms with van der Waals surface area (Å²) < 4.78 is 11.0. The Hall–Kier alpha value is -3.93. The molecule has 1 amide bonds. The summed E-state index contributed by atoms with van der Waals surface area (Å²) in [4.78, 5) is 24.4. The summed E-state index contributed by atoms with van der Waals surface area (Å²) in [7, 11) is 0. The number of hydrazone groups is 1. The first-order valence-electron chi connectivity index (χ1n) is 10.5. The molecule has 0 spiro atoms. The molecule has 0 atom stereocenters. The van der Waals surface area contributed by atoms with Gasteiger partial charge in [-0.1, -0.05) is 31.0 Å². The number of hydrogen-bond acceptors (Lipinski definition) is 5. The average molecular weight is 431 g/mol. The maximum atomic E-state index is 12.3. The molecule has 1 N–H and O–H groups in total. The summed E-state index contributed by atoms with van der Waals surface area (Å²) in [5, 5.41) is 3.98. The van der Waals surface area contributed by atoms with Crippen LogP contribution in [0.1, 0.15) is 51.6 Å². The van der Waals surface area contributed by atoms with E-state index in [4.69, 9.17) is 9.47 Å². The fraction of sp³-hybridized carbons (Fsp3) is 0.192. The van der Waals surface area contributed by atoms with E-state index in [2.05, 4.69) is 17.5 Å². The van der Waals surface area contributed by atoms with Gasteiger partial charge in [0, 0.05) is 5.56 Å². The molecular formula is C26H26N2O4. The largest absolute Gasteiger partial charge is 0.494 e. The van der Waals surface area contributed by atoms with Crippen molar-refractivity contribution in [1.82, 2.24) is 5.43 Å². The number of hydrogen-bond donors (Lipinski definition) is 1. The van der Waals surface area contributed by atoms with E-state index in [9.17, 15) is 9.59 Å². The van der Waals surface area contributed by atoms with Crippen LogP contribution < -0.4 is 14.9 Å². The molecule has 3 rings (SSSR count). The van der Waals surface area contributed by atoms with Gasteiger partial charge in [0.1, 0.15) is 11.5 Å². The Morgan fingerprint density at radius 2 is 1.66 bits per heavy atom. The molecular weight excluding hydrogens is 404 g/mol. The van der Waals surface area contributed by atoms with Gasteiger partial charge in [-0.25, -0.2) is 10.2 Å². The topological polar surface area (TPSA) is 77.0 Å². The number of ether oxygens (including phenoxy) is 2. The van der Waals surface area contributed by atoms with Crippen LogP contribution in [0.15, 0.2) is 77.9 Å². The number of unbranched alkanes of at least 4 members (excludes halogenated alkanes) is 1. The zero-order valence-corrected chi connectivity index (χ0v) is 18.2. The van der Waals surface area contributed by atoms with Gasteiger partial charge in [0.05, 0.1) is 18.4 Å². The minimum absolute atomic E-state index is 0.280. The van der Waals surface area contributed by atoms with E-state index in [1.54, 1.807) is 60.7 Å². The van der Waals surface area contributed by atoms with E-state index in [-0.39, 0.29) is 5.91 Å². The number of amides is 1. The maximum Gasteiger partial charge on any atom is 0.343 e. The minimum Gasteiger partial charge on any atom is -0.494 e. The van der Waals surface area contributed by atoms with Crippen molar-refractivity contribution in [3.05, 3.63) is 95.1 Å². The van der Waals surface area contributed by atoms with E-state index in [0.29, 0.717) is 23.5 Å². The predicted octanol–water partition coefficient (Wildman–Crippen LogP) is 5.16. The summed E-state index contributed by atoms with van der Waals surface area (Å²) in [6.07, 6.45) is 3.58. The average Bonchev–Trinajstić information content (AvgIpc) is 2.81. The first-order chi connectivity index (χ1) is 15.5. The van der Waals surface area contributed by atoms with Gasteiger partial charge in [0.2, 0.25) is 0 Å². The van der Waals surface area contributed by atoms with Gasteiger partial charge < -0.3 is 9.47 Å². The number of nitrogens with one attached hydrogen (secondary N) is 1. The monoisotopic (exact) mass is 430 g/mol. The zero-order chi connectivity index (χ0) is 22.8. The van der Waals surface area contributed by atoms with Crippen LogP contribution in [0.5, 0.6) is 11.5 Å². The van der Waals surface area contributed by atoms with Gasteiger partial charge in [0.15, 0.2) is 0 Å². The number of carbonyl (C=O) groups excluding carboxylic acids is 2. The van der Waals surface area contributed by atoms with E-state index in [1.807, 2.05) is 19.1 Å². The summed E-state index contributed by atoms with van der Waals surface area (Å²) in [6, 6.07) is 21.0. The second kappa shape index (κ2) is 11.5. The van der Waals surface area contributed by atoms with Gasteiger partial charge in [-0.3, -0.25) is 4.79 Å². The molecule has 0 heterocycles. The standard InChI is InChI=1S/C26H26N2O4/c1-3-4-16-31-23-14-10-21(11-15-23)26(30)32-24-12-8-20(9-13-24)18-27-28-25(29)22-7-5-6-19(2)17-22/h5-15,17-18H,3-4,16H2,1-2H3,(H,28,29)/b27-18-. The Morgan fingerprint density at radius 3 is 2.34 bits per heavy atom. The number of rotatable bonds is 9. The Labute approximate surface area is 187 Å². The first kappa shape index (κ1) is 22.7. The third-order valence-corrected chi connectivity index (χ3v) is 4.61. The number of aryl methyl sites for hydroxylation is 1. The van der Waals surface area contributed by atoms with Crippen molar-refractivity contribution in [2.75, 3.05) is 6.61 Å². The molecule has 32 heavy (non-hydrogen) atoms. The van der Waals surface area contributed by atoms with Crippen LogP contribution >= 0.6 is 0 Å². The highest BCUT2D eigenvalue weighted by Crippen LogP contribution is 2.17. The summed E-state index contributed by atoms with van der Waals surface area (Å²) in [6.45, 7) is 4.68. The molecule has 0 bridgehead atoms. The van der Waals surface area contributed by atoms with Gasteiger partial charge in [-0.15, -0.1) is 0 Å². The summed E-state index contributed by atoms with van der Waals surface area (Å²) in [5.41, 5.74) is 5.24. The zero-order valence-electron chi connectivity index (χ0n) is 18.2. The van der Waals surface area contributed by atoms with Gasteiger partial charge in [-0.05, 0) is 79.6 Å². The molecule has 0 saturated carbocycles. The van der Waals surface area contributed by atoms with Crippen molar-refractivity contribution in [2.24, 2.45) is 5.10 Å². The smallest absolute Gasteiger partial charge is 0.343 e. The molecule has 0 aromatic heterocycles. The van der Waals surface area contributed by atoms with Crippen molar-refractivity contribution in [3.8, 4) is 11.5 Å². The van der Waals surface area contributed by atoms with Crippen molar-refractivity contribution < 1.29 is 19.1 Å². The van der Waals surface area contributed by atoms with Crippen LogP contribution in [0.25, 0.3) is 0 Å². The van der Waals surface area contributed by atoms with Crippen LogP contribution in [0.4, 0.5) is 0 Å². The fourth-order valence-corrected chi connectivity index (χ4v) is 2.83. The number of benzene rings is 3. The lowest BCUT2D eigenvalue weighted by atomic mass is 10.1. The highest BCUT2D eigenvalue weighted by molar-refractivity contribution is 5.95. The second-order valence-corrected chi connectivity index (χ2v) is 7.25. The lowest BCUT2D eigenvalue weighted by Gasteiger charge is -2.07. The third kappa shape index (κ3) is 6.80. The Balaban J connectivity index is 1.51. The van der Waals surface area contributed by atoms with Gasteiger partial charge in [0.25, 0.3) is 5.91 Å². The van der Waals surface area contributed by atoms with Crippen molar-refractivity contribution in [1.29, 1.82) is 0 Å². The lowest BCUT2D eigenvalue weighted by molar-refractivity contribution is 0.0734. The number of esters is 1.